The summed E-state index contributed by atoms with van der Waals surface area (Å²) in [6.07, 6.45) is 4.54. The van der Waals surface area contributed by atoms with E-state index in [0.717, 1.165) is 17.3 Å². The van der Waals surface area contributed by atoms with Crippen molar-refractivity contribution >= 4 is 27.6 Å². The van der Waals surface area contributed by atoms with Crippen molar-refractivity contribution in [2.75, 3.05) is 12.4 Å². The van der Waals surface area contributed by atoms with Gasteiger partial charge in [-0.3, -0.25) is 0 Å². The van der Waals surface area contributed by atoms with Crippen LogP contribution < -0.4 is 15.4 Å². The van der Waals surface area contributed by atoms with Crippen LogP contribution in [-0.2, 0) is 0 Å². The smallest absolute Gasteiger partial charge is 0.319 e. The molecule has 0 heterocycles. The second kappa shape index (κ2) is 6.09. The van der Waals surface area contributed by atoms with Crippen LogP contribution in [0.1, 0.15) is 25.7 Å². The van der Waals surface area contributed by atoms with Gasteiger partial charge in [0, 0.05) is 10.5 Å². The number of carbonyl (C=O) groups excluding carboxylic acids is 1. The molecule has 4 nitrogen and oxygen atoms in total. The summed E-state index contributed by atoms with van der Waals surface area (Å²) in [6.45, 7) is 0. The van der Waals surface area contributed by atoms with Gasteiger partial charge >= 0.3 is 6.03 Å². The summed E-state index contributed by atoms with van der Waals surface area (Å²) in [5, 5.41) is 5.80. The molecular weight excluding hydrogens is 296 g/mol. The van der Waals surface area contributed by atoms with Crippen molar-refractivity contribution in [3.8, 4) is 5.75 Å². The second-order valence-electron chi connectivity index (χ2n) is 4.42. The van der Waals surface area contributed by atoms with Crippen molar-refractivity contribution in [2.24, 2.45) is 0 Å². The Morgan fingerprint density at radius 2 is 2.11 bits per heavy atom. The van der Waals surface area contributed by atoms with E-state index in [1.54, 1.807) is 7.11 Å². The van der Waals surface area contributed by atoms with Crippen LogP contribution in [0.25, 0.3) is 0 Å². The van der Waals surface area contributed by atoms with Gasteiger partial charge in [0.1, 0.15) is 5.75 Å². The molecule has 1 saturated carbocycles. The van der Waals surface area contributed by atoms with Crippen molar-refractivity contribution in [2.45, 2.75) is 31.7 Å². The highest BCUT2D eigenvalue weighted by molar-refractivity contribution is 9.10. The van der Waals surface area contributed by atoms with Crippen molar-refractivity contribution in [1.29, 1.82) is 0 Å². The van der Waals surface area contributed by atoms with E-state index in [1.165, 1.54) is 12.8 Å². The summed E-state index contributed by atoms with van der Waals surface area (Å²) >= 11 is 3.38. The highest BCUT2D eigenvalue weighted by atomic mass is 79.9. The lowest BCUT2D eigenvalue weighted by Crippen LogP contribution is -2.36. The number of hydrogen-bond acceptors (Lipinski definition) is 2. The Kier molecular flexibility index (Phi) is 4.47. The number of nitrogens with one attached hydrogen (secondary N) is 2. The third-order valence-electron chi connectivity index (χ3n) is 3.10. The van der Waals surface area contributed by atoms with Gasteiger partial charge in [0.15, 0.2) is 0 Å². The van der Waals surface area contributed by atoms with Gasteiger partial charge in [0.2, 0.25) is 0 Å². The lowest BCUT2D eigenvalue weighted by Gasteiger charge is -2.14. The highest BCUT2D eigenvalue weighted by Crippen LogP contribution is 2.28. The zero-order valence-corrected chi connectivity index (χ0v) is 11.9. The van der Waals surface area contributed by atoms with Gasteiger partial charge in [0.05, 0.1) is 12.8 Å². The molecule has 1 aliphatic rings. The van der Waals surface area contributed by atoms with Gasteiger partial charge in [-0.25, -0.2) is 4.79 Å². The van der Waals surface area contributed by atoms with Crippen LogP contribution in [0.15, 0.2) is 22.7 Å². The maximum absolute atomic E-state index is 11.9. The summed E-state index contributed by atoms with van der Waals surface area (Å²) in [4.78, 5) is 11.9. The SMILES string of the molecule is COc1ccc(Br)cc1NC(=O)NC1CCCC1. The summed E-state index contributed by atoms with van der Waals surface area (Å²) in [5.41, 5.74) is 0.669. The molecule has 0 aliphatic heterocycles. The third kappa shape index (κ3) is 3.38. The fraction of sp³-hybridized carbons (Fsp3) is 0.462. The van der Waals surface area contributed by atoms with Gasteiger partial charge in [0.25, 0.3) is 0 Å². The predicted octanol–water partition coefficient (Wildman–Crippen LogP) is 3.52. The number of hydrogen-bond donors (Lipinski definition) is 2. The normalized spacial score (nSPS) is 15.4. The van der Waals surface area contributed by atoms with E-state index >= 15 is 0 Å². The van der Waals surface area contributed by atoms with Gasteiger partial charge in [-0.2, -0.15) is 0 Å². The predicted molar refractivity (Wildman–Crippen MR) is 75.1 cm³/mol. The number of ether oxygens (including phenoxy) is 1. The molecule has 18 heavy (non-hydrogen) atoms. The second-order valence-corrected chi connectivity index (χ2v) is 5.34. The largest absolute Gasteiger partial charge is 0.495 e. The number of carbonyl (C=O) groups is 1. The first kappa shape index (κ1) is 13.2. The molecule has 1 aromatic rings. The van der Waals surface area contributed by atoms with E-state index in [4.69, 9.17) is 4.74 Å². The van der Waals surface area contributed by atoms with Crippen molar-refractivity contribution in [3.05, 3.63) is 22.7 Å². The van der Waals surface area contributed by atoms with Crippen LogP contribution in [0.4, 0.5) is 10.5 Å². The average molecular weight is 313 g/mol. The summed E-state index contributed by atoms with van der Waals surface area (Å²) in [6, 6.07) is 5.66. The number of halogens is 1. The quantitative estimate of drug-likeness (QED) is 0.897. The molecular formula is C13H17BrN2O2. The van der Waals surface area contributed by atoms with E-state index in [1.807, 2.05) is 18.2 Å². The van der Waals surface area contributed by atoms with Gasteiger partial charge in [-0.1, -0.05) is 28.8 Å². The first-order valence-corrected chi connectivity index (χ1v) is 6.89. The van der Waals surface area contributed by atoms with Gasteiger partial charge in [-0.05, 0) is 31.0 Å². The van der Waals surface area contributed by atoms with Gasteiger partial charge < -0.3 is 15.4 Å². The Morgan fingerprint density at radius 1 is 1.39 bits per heavy atom. The molecule has 0 saturated heterocycles. The monoisotopic (exact) mass is 312 g/mol. The lowest BCUT2D eigenvalue weighted by atomic mass is 10.2. The molecule has 0 spiro atoms. The molecule has 1 fully saturated rings. The molecule has 5 heteroatoms. The minimum Gasteiger partial charge on any atom is -0.495 e. The minimum absolute atomic E-state index is 0.168. The average Bonchev–Trinajstić information content (AvgIpc) is 2.82. The molecule has 2 N–H and O–H groups in total. The molecule has 2 amide bonds. The van der Waals surface area contributed by atoms with Crippen LogP contribution in [-0.4, -0.2) is 19.2 Å². The Labute approximate surface area is 115 Å². The van der Waals surface area contributed by atoms with Gasteiger partial charge in [-0.15, -0.1) is 0 Å². The standard InChI is InChI=1S/C13H17BrN2O2/c1-18-12-7-6-9(14)8-11(12)16-13(17)15-10-4-2-3-5-10/h6-8,10H,2-5H2,1H3,(H2,15,16,17). The Morgan fingerprint density at radius 3 is 2.78 bits per heavy atom. The molecule has 2 rings (SSSR count). The van der Waals surface area contributed by atoms with Crippen LogP contribution in [0.2, 0.25) is 0 Å². The highest BCUT2D eigenvalue weighted by Gasteiger charge is 2.17. The molecule has 1 aliphatic carbocycles. The maximum Gasteiger partial charge on any atom is 0.319 e. The van der Waals surface area contributed by atoms with Crippen LogP contribution in [0.3, 0.4) is 0 Å². The molecule has 98 valence electrons. The number of methoxy groups -OCH3 is 1. The molecule has 1 aromatic carbocycles. The summed E-state index contributed by atoms with van der Waals surface area (Å²) < 4.78 is 6.11. The van der Waals surface area contributed by atoms with Crippen LogP contribution >= 0.6 is 15.9 Å². The minimum atomic E-state index is -0.168. The molecule has 0 atom stereocenters. The summed E-state index contributed by atoms with van der Waals surface area (Å²) in [7, 11) is 1.59. The molecule has 0 unspecified atom stereocenters. The fourth-order valence-corrected chi connectivity index (χ4v) is 2.55. The molecule has 0 bridgehead atoms. The van der Waals surface area contributed by atoms with E-state index in [-0.39, 0.29) is 6.03 Å². The zero-order valence-electron chi connectivity index (χ0n) is 10.3. The Balaban J connectivity index is 1.99. The summed E-state index contributed by atoms with van der Waals surface area (Å²) in [5.74, 6) is 0.653. The van der Waals surface area contributed by atoms with Crippen molar-refractivity contribution in [3.63, 3.8) is 0 Å². The van der Waals surface area contributed by atoms with Crippen LogP contribution in [0, 0.1) is 0 Å². The maximum atomic E-state index is 11.9. The molecule has 0 radical (unpaired) electrons. The van der Waals surface area contributed by atoms with E-state index < -0.39 is 0 Å². The molecule has 0 aromatic heterocycles. The third-order valence-corrected chi connectivity index (χ3v) is 3.59. The van der Waals surface area contributed by atoms with E-state index in [9.17, 15) is 4.79 Å². The Hall–Kier alpha value is -1.23. The zero-order chi connectivity index (χ0) is 13.0. The number of anilines is 1. The number of urea groups is 1. The number of amides is 2. The van der Waals surface area contributed by atoms with Crippen molar-refractivity contribution < 1.29 is 9.53 Å². The topological polar surface area (TPSA) is 50.4 Å². The Bertz CT molecular complexity index is 431. The van der Waals surface area contributed by atoms with E-state index in [0.29, 0.717) is 17.5 Å². The van der Waals surface area contributed by atoms with Crippen LogP contribution in [0.5, 0.6) is 5.75 Å². The first-order chi connectivity index (χ1) is 8.69. The van der Waals surface area contributed by atoms with E-state index in [2.05, 4.69) is 26.6 Å². The lowest BCUT2D eigenvalue weighted by molar-refractivity contribution is 0.248. The number of rotatable bonds is 3. The van der Waals surface area contributed by atoms with Crippen molar-refractivity contribution in [1.82, 2.24) is 5.32 Å². The first-order valence-electron chi connectivity index (χ1n) is 6.10. The fourth-order valence-electron chi connectivity index (χ4n) is 2.19. The number of benzene rings is 1.